The minimum absolute atomic E-state index is 0.183. The topological polar surface area (TPSA) is 55.8 Å². The molecule has 1 aromatic rings. The molecule has 0 bridgehead atoms. The number of morpholine rings is 1. The number of thiophene rings is 1. The summed E-state index contributed by atoms with van der Waals surface area (Å²) >= 11 is 1.27. The Labute approximate surface area is 142 Å². The van der Waals surface area contributed by atoms with Crippen LogP contribution in [0.4, 0.5) is 0 Å². The van der Waals surface area contributed by atoms with Crippen molar-refractivity contribution in [2.24, 2.45) is 5.92 Å². The van der Waals surface area contributed by atoms with Crippen LogP contribution < -0.4 is 0 Å². The lowest BCUT2D eigenvalue weighted by atomic mass is 9.90. The lowest BCUT2D eigenvalue weighted by Crippen LogP contribution is -2.56. The molecule has 3 rings (SSSR count). The van der Waals surface area contributed by atoms with Gasteiger partial charge in [-0.15, -0.1) is 11.3 Å². The standard InChI is InChI=1S/C16H25NO4S2/c1-13(2)20-11-14-5-3-7-16(14)12-17(8-9-21-16)23(18,19)15-6-4-10-22-15/h4,6,10,13-14H,3,5,7-9,11-12H2,1-2H3/t14-,16+/m1/s1. The van der Waals surface area contributed by atoms with Gasteiger partial charge in [-0.2, -0.15) is 4.31 Å². The SMILES string of the molecule is CC(C)OC[C@H]1CCC[C@]12CN(S(=O)(=O)c1cccs1)CCO2. The van der Waals surface area contributed by atoms with Gasteiger partial charge >= 0.3 is 0 Å². The smallest absolute Gasteiger partial charge is 0.252 e. The van der Waals surface area contributed by atoms with E-state index in [2.05, 4.69) is 0 Å². The van der Waals surface area contributed by atoms with Crippen molar-refractivity contribution in [1.82, 2.24) is 4.31 Å². The van der Waals surface area contributed by atoms with E-state index in [1.54, 1.807) is 21.8 Å². The predicted octanol–water partition coefficient (Wildman–Crippen LogP) is 2.73. The molecule has 1 saturated heterocycles. The lowest BCUT2D eigenvalue weighted by Gasteiger charge is -2.43. The zero-order chi connectivity index (χ0) is 16.5. The normalized spacial score (nSPS) is 29.6. The van der Waals surface area contributed by atoms with Gasteiger partial charge in [-0.1, -0.05) is 12.5 Å². The maximum atomic E-state index is 12.8. The maximum Gasteiger partial charge on any atom is 0.252 e. The van der Waals surface area contributed by atoms with E-state index in [0.29, 0.717) is 30.5 Å². The van der Waals surface area contributed by atoms with Crippen LogP contribution in [0.5, 0.6) is 0 Å². The minimum Gasteiger partial charge on any atom is -0.378 e. The van der Waals surface area contributed by atoms with Crippen molar-refractivity contribution in [3.8, 4) is 0 Å². The number of sulfonamides is 1. The molecule has 23 heavy (non-hydrogen) atoms. The van der Waals surface area contributed by atoms with Crippen LogP contribution in [0.15, 0.2) is 21.7 Å². The van der Waals surface area contributed by atoms with Gasteiger partial charge in [0.25, 0.3) is 10.0 Å². The van der Waals surface area contributed by atoms with Crippen LogP contribution in [-0.4, -0.2) is 50.7 Å². The summed E-state index contributed by atoms with van der Waals surface area (Å²) in [6.45, 7) is 6.03. The average Bonchev–Trinajstić information content (AvgIpc) is 3.16. The molecule has 5 nitrogen and oxygen atoms in total. The highest BCUT2D eigenvalue weighted by molar-refractivity contribution is 7.91. The second-order valence-corrected chi connectivity index (χ2v) is 9.77. The molecule has 2 heterocycles. The highest BCUT2D eigenvalue weighted by atomic mass is 32.2. The van der Waals surface area contributed by atoms with E-state index in [4.69, 9.17) is 9.47 Å². The first kappa shape index (κ1) is 17.4. The molecule has 2 atom stereocenters. The van der Waals surface area contributed by atoms with Gasteiger partial charge in [0.1, 0.15) is 4.21 Å². The Morgan fingerprint density at radius 3 is 3.04 bits per heavy atom. The summed E-state index contributed by atoms with van der Waals surface area (Å²) in [6, 6.07) is 3.46. The molecular formula is C16H25NO4S2. The molecule has 0 unspecified atom stereocenters. The maximum absolute atomic E-state index is 12.8. The first-order valence-corrected chi connectivity index (χ1v) is 10.6. The van der Waals surface area contributed by atoms with Crippen molar-refractivity contribution >= 4 is 21.4 Å². The molecule has 1 saturated carbocycles. The van der Waals surface area contributed by atoms with Crippen LogP contribution >= 0.6 is 11.3 Å². The van der Waals surface area contributed by atoms with Crippen LogP contribution in [-0.2, 0) is 19.5 Å². The molecule has 0 N–H and O–H groups in total. The van der Waals surface area contributed by atoms with Crippen molar-refractivity contribution in [2.75, 3.05) is 26.3 Å². The van der Waals surface area contributed by atoms with Crippen LogP contribution in [0.2, 0.25) is 0 Å². The van der Waals surface area contributed by atoms with Gasteiger partial charge in [-0.3, -0.25) is 0 Å². The fourth-order valence-corrected chi connectivity index (χ4v) is 6.20. The molecule has 1 spiro atoms. The fraction of sp³-hybridized carbons (Fsp3) is 0.750. The number of hydrogen-bond acceptors (Lipinski definition) is 5. The first-order valence-electron chi connectivity index (χ1n) is 8.23. The van der Waals surface area contributed by atoms with Crippen molar-refractivity contribution in [3.63, 3.8) is 0 Å². The molecule has 2 fully saturated rings. The summed E-state index contributed by atoms with van der Waals surface area (Å²) in [5.41, 5.74) is -0.378. The van der Waals surface area contributed by atoms with E-state index in [1.807, 2.05) is 13.8 Å². The number of hydrogen-bond donors (Lipinski definition) is 0. The highest BCUT2D eigenvalue weighted by Crippen LogP contribution is 2.42. The minimum atomic E-state index is -3.41. The molecule has 0 aromatic carbocycles. The number of ether oxygens (including phenoxy) is 2. The zero-order valence-corrected chi connectivity index (χ0v) is 15.4. The highest BCUT2D eigenvalue weighted by Gasteiger charge is 2.49. The second-order valence-electron chi connectivity index (χ2n) is 6.66. The second kappa shape index (κ2) is 6.80. The Morgan fingerprint density at radius 2 is 2.35 bits per heavy atom. The van der Waals surface area contributed by atoms with Gasteiger partial charge in [0.2, 0.25) is 0 Å². The van der Waals surface area contributed by atoms with Crippen LogP contribution in [0.25, 0.3) is 0 Å². The molecule has 7 heteroatoms. The van der Waals surface area contributed by atoms with Gasteiger partial charge in [0, 0.05) is 19.0 Å². The fourth-order valence-electron chi connectivity index (χ4n) is 3.57. The third-order valence-corrected chi connectivity index (χ3v) is 8.01. The van der Waals surface area contributed by atoms with Crippen molar-refractivity contribution < 1.29 is 17.9 Å². The van der Waals surface area contributed by atoms with Gasteiger partial charge in [0.05, 0.1) is 24.9 Å². The predicted molar refractivity (Wildman–Crippen MR) is 90.2 cm³/mol. The monoisotopic (exact) mass is 359 g/mol. The molecule has 1 aromatic heterocycles. The zero-order valence-electron chi connectivity index (χ0n) is 13.7. The van der Waals surface area contributed by atoms with E-state index >= 15 is 0 Å². The van der Waals surface area contributed by atoms with Crippen molar-refractivity contribution in [2.45, 2.75) is 49.0 Å². The summed E-state index contributed by atoms with van der Waals surface area (Å²) in [5.74, 6) is 0.270. The molecule has 0 amide bonds. The van der Waals surface area contributed by atoms with Crippen LogP contribution in [0, 0.1) is 5.92 Å². The van der Waals surface area contributed by atoms with Gasteiger partial charge < -0.3 is 9.47 Å². The largest absolute Gasteiger partial charge is 0.378 e. The van der Waals surface area contributed by atoms with Crippen LogP contribution in [0.3, 0.4) is 0 Å². The lowest BCUT2D eigenvalue weighted by molar-refractivity contribution is -0.129. The average molecular weight is 360 g/mol. The van der Waals surface area contributed by atoms with Gasteiger partial charge in [-0.05, 0) is 38.1 Å². The number of rotatable bonds is 5. The molecular weight excluding hydrogens is 334 g/mol. The Hall–Kier alpha value is -0.470. The van der Waals surface area contributed by atoms with Gasteiger partial charge in [0.15, 0.2) is 0 Å². The number of nitrogens with zero attached hydrogens (tertiary/aromatic N) is 1. The van der Waals surface area contributed by atoms with Gasteiger partial charge in [-0.25, -0.2) is 8.42 Å². The molecule has 1 aliphatic carbocycles. The Bertz CT molecular complexity index is 614. The first-order chi connectivity index (χ1) is 10.9. The summed E-state index contributed by atoms with van der Waals surface area (Å²) in [7, 11) is -3.41. The van der Waals surface area contributed by atoms with E-state index in [1.165, 1.54) is 11.3 Å². The van der Waals surface area contributed by atoms with E-state index in [-0.39, 0.29) is 17.6 Å². The summed E-state index contributed by atoms with van der Waals surface area (Å²) in [6.07, 6.45) is 3.20. The summed E-state index contributed by atoms with van der Waals surface area (Å²) in [4.78, 5) is 0. The molecule has 2 aliphatic rings. The quantitative estimate of drug-likeness (QED) is 0.811. The third kappa shape index (κ3) is 3.49. The van der Waals surface area contributed by atoms with Crippen LogP contribution in [0.1, 0.15) is 33.1 Å². The summed E-state index contributed by atoms with van der Waals surface area (Å²) < 4.78 is 39.6. The third-order valence-electron chi connectivity index (χ3n) is 4.79. The summed E-state index contributed by atoms with van der Waals surface area (Å²) in [5, 5.41) is 1.80. The van der Waals surface area contributed by atoms with E-state index in [9.17, 15) is 8.42 Å². The van der Waals surface area contributed by atoms with Crippen molar-refractivity contribution in [1.29, 1.82) is 0 Å². The van der Waals surface area contributed by atoms with Crippen molar-refractivity contribution in [3.05, 3.63) is 17.5 Å². The molecule has 130 valence electrons. The molecule has 0 radical (unpaired) electrons. The Morgan fingerprint density at radius 1 is 1.52 bits per heavy atom. The Balaban J connectivity index is 1.77. The Kier molecular flexibility index (Phi) is 5.13. The van der Waals surface area contributed by atoms with E-state index in [0.717, 1.165) is 19.3 Å². The molecule has 1 aliphatic heterocycles. The van der Waals surface area contributed by atoms with E-state index < -0.39 is 10.0 Å².